The average Bonchev–Trinajstić information content (AvgIpc) is 3.09. The van der Waals surface area contributed by atoms with Gasteiger partial charge < -0.3 is 4.74 Å². The lowest BCUT2D eigenvalue weighted by Gasteiger charge is -2.20. The third-order valence-corrected chi connectivity index (χ3v) is 4.03. The molecule has 2 rings (SSSR count). The van der Waals surface area contributed by atoms with Gasteiger partial charge in [-0.25, -0.2) is 0 Å². The molecule has 3 heteroatoms. The van der Waals surface area contributed by atoms with Crippen LogP contribution in [0.1, 0.15) is 42.0 Å². The van der Waals surface area contributed by atoms with Gasteiger partial charge in [-0.2, -0.15) is 0 Å². The average molecular weight is 260 g/mol. The van der Waals surface area contributed by atoms with Gasteiger partial charge in [0.1, 0.15) is 5.78 Å². The molecule has 0 spiro atoms. The Morgan fingerprint density at radius 2 is 1.89 bits per heavy atom. The molecular formula is C16H20O3. The van der Waals surface area contributed by atoms with E-state index < -0.39 is 0 Å². The van der Waals surface area contributed by atoms with E-state index in [1.165, 1.54) is 7.11 Å². The Morgan fingerprint density at radius 1 is 1.26 bits per heavy atom. The van der Waals surface area contributed by atoms with Crippen molar-refractivity contribution < 1.29 is 14.3 Å². The molecule has 1 fully saturated rings. The standard InChI is InChI=1S/C16H20O3/c1-10-7-11(2)15(16(5-6-16)12(3)17)13(8-10)9-14(18)19-4/h7-8H,5-6,9H2,1-4H3. The van der Waals surface area contributed by atoms with Crippen molar-refractivity contribution in [1.29, 1.82) is 0 Å². The van der Waals surface area contributed by atoms with Crippen molar-refractivity contribution in [3.05, 3.63) is 34.4 Å². The number of benzene rings is 1. The summed E-state index contributed by atoms with van der Waals surface area (Å²) in [6.45, 7) is 5.67. The number of hydrogen-bond donors (Lipinski definition) is 0. The van der Waals surface area contributed by atoms with Crippen LogP contribution in [0.3, 0.4) is 0 Å². The fraction of sp³-hybridized carbons (Fsp3) is 0.500. The summed E-state index contributed by atoms with van der Waals surface area (Å²) in [5.74, 6) is -0.0591. The number of carbonyl (C=O) groups excluding carboxylic acids is 2. The molecule has 0 bridgehead atoms. The van der Waals surface area contributed by atoms with Crippen LogP contribution in [0.25, 0.3) is 0 Å². The first kappa shape index (κ1) is 13.8. The van der Waals surface area contributed by atoms with Gasteiger partial charge in [-0.05, 0) is 50.3 Å². The minimum Gasteiger partial charge on any atom is -0.469 e. The first-order valence-corrected chi connectivity index (χ1v) is 6.59. The number of ether oxygens (including phenoxy) is 1. The number of aryl methyl sites for hydroxylation is 2. The van der Waals surface area contributed by atoms with E-state index in [4.69, 9.17) is 4.74 Å². The molecule has 1 aromatic carbocycles. The largest absolute Gasteiger partial charge is 0.469 e. The number of esters is 1. The molecule has 1 aliphatic carbocycles. The summed E-state index contributed by atoms with van der Waals surface area (Å²) in [6.07, 6.45) is 2.02. The second-order valence-corrected chi connectivity index (χ2v) is 5.51. The highest BCUT2D eigenvalue weighted by Gasteiger charge is 2.50. The summed E-state index contributed by atoms with van der Waals surface area (Å²) in [5.41, 5.74) is 3.86. The minimum atomic E-state index is -0.346. The van der Waals surface area contributed by atoms with Crippen molar-refractivity contribution >= 4 is 11.8 Å². The normalized spacial score (nSPS) is 16.0. The number of methoxy groups -OCH3 is 1. The molecule has 3 nitrogen and oxygen atoms in total. The number of carbonyl (C=O) groups is 2. The molecule has 1 aliphatic rings. The summed E-state index contributed by atoms with van der Waals surface area (Å²) in [5, 5.41) is 0. The van der Waals surface area contributed by atoms with Crippen LogP contribution >= 0.6 is 0 Å². The SMILES string of the molecule is COC(=O)Cc1cc(C)cc(C)c1C1(C(C)=O)CC1. The molecule has 0 aliphatic heterocycles. The van der Waals surface area contributed by atoms with Gasteiger partial charge in [0.05, 0.1) is 18.9 Å². The van der Waals surface area contributed by atoms with Crippen molar-refractivity contribution in [2.24, 2.45) is 0 Å². The van der Waals surface area contributed by atoms with Crippen molar-refractivity contribution in [2.75, 3.05) is 7.11 Å². The van der Waals surface area contributed by atoms with Crippen molar-refractivity contribution in [3.8, 4) is 0 Å². The zero-order valence-electron chi connectivity index (χ0n) is 12.0. The maximum atomic E-state index is 12.0. The van der Waals surface area contributed by atoms with Gasteiger partial charge in [0.15, 0.2) is 0 Å². The van der Waals surface area contributed by atoms with Crippen LogP contribution in [0.4, 0.5) is 0 Å². The summed E-state index contributed by atoms with van der Waals surface area (Å²) >= 11 is 0. The summed E-state index contributed by atoms with van der Waals surface area (Å²) in [7, 11) is 1.39. The Hall–Kier alpha value is -1.64. The monoisotopic (exact) mass is 260 g/mol. The molecule has 0 N–H and O–H groups in total. The molecule has 0 aromatic heterocycles. The predicted molar refractivity (Wildman–Crippen MR) is 73.2 cm³/mol. The van der Waals surface area contributed by atoms with E-state index in [1.807, 2.05) is 19.9 Å². The second-order valence-electron chi connectivity index (χ2n) is 5.51. The number of rotatable bonds is 4. The van der Waals surface area contributed by atoms with Crippen LogP contribution in [-0.2, 0) is 26.2 Å². The highest BCUT2D eigenvalue weighted by molar-refractivity contribution is 5.92. The van der Waals surface area contributed by atoms with Gasteiger partial charge in [-0.15, -0.1) is 0 Å². The maximum Gasteiger partial charge on any atom is 0.309 e. The van der Waals surface area contributed by atoms with Gasteiger partial charge in [-0.1, -0.05) is 17.7 Å². The quantitative estimate of drug-likeness (QED) is 0.782. The van der Waals surface area contributed by atoms with Gasteiger partial charge in [0, 0.05) is 0 Å². The van der Waals surface area contributed by atoms with E-state index in [-0.39, 0.29) is 23.6 Å². The molecule has 1 saturated carbocycles. The van der Waals surface area contributed by atoms with E-state index in [1.54, 1.807) is 6.92 Å². The first-order valence-electron chi connectivity index (χ1n) is 6.59. The van der Waals surface area contributed by atoms with E-state index in [9.17, 15) is 9.59 Å². The van der Waals surface area contributed by atoms with Crippen molar-refractivity contribution in [3.63, 3.8) is 0 Å². The summed E-state index contributed by atoms with van der Waals surface area (Å²) in [4.78, 5) is 23.5. The van der Waals surface area contributed by atoms with Crippen LogP contribution in [0.2, 0.25) is 0 Å². The summed E-state index contributed by atoms with van der Waals surface area (Å²) in [6, 6.07) is 4.08. The van der Waals surface area contributed by atoms with E-state index in [0.29, 0.717) is 0 Å². The third kappa shape index (κ3) is 2.42. The van der Waals surface area contributed by atoms with E-state index in [2.05, 4.69) is 6.07 Å². The van der Waals surface area contributed by atoms with Gasteiger partial charge in [-0.3, -0.25) is 9.59 Å². The molecule has 19 heavy (non-hydrogen) atoms. The topological polar surface area (TPSA) is 43.4 Å². The number of ketones is 1. The molecule has 0 saturated heterocycles. The second kappa shape index (κ2) is 4.80. The van der Waals surface area contributed by atoms with Crippen LogP contribution in [0.15, 0.2) is 12.1 Å². The Bertz CT molecular complexity index is 539. The van der Waals surface area contributed by atoms with E-state index >= 15 is 0 Å². The highest BCUT2D eigenvalue weighted by atomic mass is 16.5. The van der Waals surface area contributed by atoms with Crippen molar-refractivity contribution in [1.82, 2.24) is 0 Å². The van der Waals surface area contributed by atoms with Crippen molar-refractivity contribution in [2.45, 2.75) is 45.4 Å². The minimum absolute atomic E-state index is 0.200. The first-order chi connectivity index (χ1) is 8.90. The third-order valence-electron chi connectivity index (χ3n) is 4.03. The molecule has 0 amide bonds. The molecule has 0 atom stereocenters. The van der Waals surface area contributed by atoms with Crippen LogP contribution < -0.4 is 0 Å². The molecule has 0 unspecified atom stereocenters. The summed E-state index contributed by atoms with van der Waals surface area (Å²) < 4.78 is 4.76. The van der Waals surface area contributed by atoms with Crippen LogP contribution in [-0.4, -0.2) is 18.9 Å². The lowest BCUT2D eigenvalue weighted by Crippen LogP contribution is -2.22. The van der Waals surface area contributed by atoms with Crippen LogP contribution in [0, 0.1) is 13.8 Å². The molecule has 102 valence electrons. The molecular weight excluding hydrogens is 240 g/mol. The Balaban J connectivity index is 2.52. The zero-order chi connectivity index (χ0) is 14.2. The van der Waals surface area contributed by atoms with Gasteiger partial charge in [0.2, 0.25) is 0 Å². The highest BCUT2D eigenvalue weighted by Crippen LogP contribution is 2.51. The number of Topliss-reactive ketones (excluding diaryl/α,β-unsaturated/α-hetero) is 1. The van der Waals surface area contributed by atoms with Gasteiger partial charge >= 0.3 is 5.97 Å². The lowest BCUT2D eigenvalue weighted by atomic mass is 9.83. The lowest BCUT2D eigenvalue weighted by molar-refractivity contribution is -0.139. The molecule has 0 radical (unpaired) electrons. The van der Waals surface area contributed by atoms with Gasteiger partial charge in [0.25, 0.3) is 0 Å². The smallest absolute Gasteiger partial charge is 0.309 e. The Labute approximate surface area is 114 Å². The Morgan fingerprint density at radius 3 is 2.37 bits per heavy atom. The predicted octanol–water partition coefficient (Wildman–Crippen LogP) is 2.64. The molecule has 1 aromatic rings. The zero-order valence-corrected chi connectivity index (χ0v) is 12.0. The Kier molecular flexibility index (Phi) is 3.48. The molecule has 0 heterocycles. The fourth-order valence-electron chi connectivity index (χ4n) is 3.01. The van der Waals surface area contributed by atoms with Crippen LogP contribution in [0.5, 0.6) is 0 Å². The maximum absolute atomic E-state index is 12.0. The number of hydrogen-bond acceptors (Lipinski definition) is 3. The van der Waals surface area contributed by atoms with E-state index in [0.717, 1.165) is 35.1 Å². The fourth-order valence-corrected chi connectivity index (χ4v) is 3.01.